The number of alkyl halides is 1. The van der Waals surface area contributed by atoms with Gasteiger partial charge in [-0.1, -0.05) is 0 Å². The maximum atomic E-state index is 12.0. The average molecular weight is 404 g/mol. The van der Waals surface area contributed by atoms with Crippen LogP contribution >= 0.6 is 34.2 Å². The van der Waals surface area contributed by atoms with E-state index in [2.05, 4.69) is 33.2 Å². The van der Waals surface area contributed by atoms with E-state index in [4.69, 9.17) is 16.9 Å². The molecule has 1 aromatic rings. The highest BCUT2D eigenvalue weighted by molar-refractivity contribution is 14.1. The third-order valence-electron chi connectivity index (χ3n) is 2.50. The highest BCUT2D eigenvalue weighted by Gasteiger charge is 2.10. The molecule has 0 aliphatic carbocycles. The van der Waals surface area contributed by atoms with Crippen LogP contribution in [-0.4, -0.2) is 18.3 Å². The highest BCUT2D eigenvalue weighted by atomic mass is 127. The number of carbonyl (C=O) groups is 1. The van der Waals surface area contributed by atoms with Crippen molar-refractivity contribution in [3.8, 4) is 6.07 Å². The average Bonchev–Trinajstić information content (AvgIpc) is 2.42. The largest absolute Gasteiger partial charge is 0.390 e. The van der Waals surface area contributed by atoms with Gasteiger partial charge in [-0.2, -0.15) is 5.26 Å². The van der Waals surface area contributed by atoms with E-state index in [1.807, 2.05) is 31.2 Å². The molecular weight excluding hydrogens is 389 g/mol. The molecule has 20 heavy (non-hydrogen) atoms. The molecule has 0 aliphatic rings. The molecule has 0 unspecified atom stereocenters. The summed E-state index contributed by atoms with van der Waals surface area (Å²) in [5, 5.41) is 14.6. The van der Waals surface area contributed by atoms with Crippen LogP contribution in [0.5, 0.6) is 0 Å². The van der Waals surface area contributed by atoms with Gasteiger partial charge >= 0.3 is 0 Å². The fourth-order valence-electron chi connectivity index (χ4n) is 1.45. The van der Waals surface area contributed by atoms with E-state index in [1.165, 1.54) is 6.20 Å². The van der Waals surface area contributed by atoms with Gasteiger partial charge in [0.05, 0.1) is 0 Å². The van der Waals surface area contributed by atoms with E-state index < -0.39 is 5.91 Å². The molecule has 0 atom stereocenters. The first-order valence-corrected chi connectivity index (χ1v) is 7.67. The first kappa shape index (κ1) is 16.8. The van der Waals surface area contributed by atoms with Crippen molar-refractivity contribution in [2.24, 2.45) is 0 Å². The number of amides is 1. The van der Waals surface area contributed by atoms with Crippen LogP contribution in [-0.2, 0) is 4.79 Å². The molecule has 0 saturated carbocycles. The molecule has 4 nitrogen and oxygen atoms in total. The van der Waals surface area contributed by atoms with E-state index in [9.17, 15) is 4.79 Å². The molecule has 2 N–H and O–H groups in total. The number of benzene rings is 1. The van der Waals surface area contributed by atoms with E-state index >= 15 is 0 Å². The van der Waals surface area contributed by atoms with Gasteiger partial charge in [0, 0.05) is 27.9 Å². The number of rotatable bonds is 6. The quantitative estimate of drug-likeness (QED) is 0.252. The Kier molecular flexibility index (Phi) is 7.41. The normalized spacial score (nSPS) is 10.8. The molecule has 0 bridgehead atoms. The number of anilines is 1. The lowest BCUT2D eigenvalue weighted by Gasteiger charge is -2.08. The van der Waals surface area contributed by atoms with Crippen molar-refractivity contribution in [1.29, 1.82) is 5.26 Å². The van der Waals surface area contributed by atoms with Crippen molar-refractivity contribution >= 4 is 45.8 Å². The second kappa shape index (κ2) is 8.82. The summed E-state index contributed by atoms with van der Waals surface area (Å²) in [5.41, 5.74) is 1.70. The van der Waals surface area contributed by atoms with Crippen LogP contribution in [0.4, 0.5) is 5.69 Å². The van der Waals surface area contributed by atoms with Crippen LogP contribution in [0.25, 0.3) is 0 Å². The van der Waals surface area contributed by atoms with Gasteiger partial charge in [0.15, 0.2) is 0 Å². The molecule has 0 spiro atoms. The number of nitrogens with zero attached hydrogens (tertiary/aromatic N) is 1. The summed E-state index contributed by atoms with van der Waals surface area (Å²) in [5.74, 6) is 0.117. The maximum Gasteiger partial charge on any atom is 0.267 e. The lowest BCUT2D eigenvalue weighted by molar-refractivity contribution is -0.112. The fraction of sp³-hybridized carbons (Fsp3) is 0.286. The van der Waals surface area contributed by atoms with Crippen LogP contribution in [0.1, 0.15) is 12.0 Å². The Balaban J connectivity index is 2.70. The topological polar surface area (TPSA) is 64.9 Å². The first-order chi connectivity index (χ1) is 9.58. The van der Waals surface area contributed by atoms with E-state index in [1.54, 1.807) is 0 Å². The molecule has 0 heterocycles. The minimum Gasteiger partial charge on any atom is -0.390 e. The number of halogens is 2. The zero-order valence-electron chi connectivity index (χ0n) is 11.0. The molecule has 106 valence electrons. The molecule has 1 rings (SSSR count). The van der Waals surface area contributed by atoms with E-state index in [-0.39, 0.29) is 5.57 Å². The van der Waals surface area contributed by atoms with Crippen LogP contribution in [0.2, 0.25) is 0 Å². The number of hydrogen-bond donors (Lipinski definition) is 2. The van der Waals surface area contributed by atoms with E-state index in [0.717, 1.165) is 15.6 Å². The minimum atomic E-state index is -0.421. The van der Waals surface area contributed by atoms with Gasteiger partial charge in [-0.25, -0.2) is 0 Å². The molecular formula is C14H15ClIN3O. The van der Waals surface area contributed by atoms with Crippen molar-refractivity contribution in [3.63, 3.8) is 0 Å². The van der Waals surface area contributed by atoms with Crippen LogP contribution in [0, 0.1) is 21.8 Å². The molecule has 0 fully saturated rings. The van der Waals surface area contributed by atoms with Crippen molar-refractivity contribution in [2.45, 2.75) is 13.3 Å². The smallest absolute Gasteiger partial charge is 0.267 e. The van der Waals surface area contributed by atoms with Crippen molar-refractivity contribution < 1.29 is 4.79 Å². The van der Waals surface area contributed by atoms with Gasteiger partial charge in [0.1, 0.15) is 11.6 Å². The standard InChI is InChI=1S/C14H15ClIN3O/c1-10-7-12(16)3-4-13(10)19-14(20)11(8-17)9-18-6-2-5-15/h3-4,7,9,18H,2,5-6H2,1H3,(H,19,20)/b11-9-. The minimum absolute atomic E-state index is 0.0394. The van der Waals surface area contributed by atoms with Gasteiger partial charge in [-0.15, -0.1) is 11.6 Å². The number of carbonyl (C=O) groups excluding carboxylic acids is 1. The van der Waals surface area contributed by atoms with Gasteiger partial charge < -0.3 is 10.6 Å². The molecule has 0 aromatic heterocycles. The summed E-state index contributed by atoms with van der Waals surface area (Å²) in [4.78, 5) is 12.0. The summed E-state index contributed by atoms with van der Waals surface area (Å²) in [6, 6.07) is 7.57. The summed E-state index contributed by atoms with van der Waals surface area (Å²) in [6.45, 7) is 2.54. The van der Waals surface area contributed by atoms with Gasteiger partial charge in [0.25, 0.3) is 5.91 Å². The van der Waals surface area contributed by atoms with Crippen molar-refractivity contribution in [2.75, 3.05) is 17.7 Å². The van der Waals surface area contributed by atoms with Crippen LogP contribution in [0.3, 0.4) is 0 Å². The second-order valence-electron chi connectivity index (χ2n) is 4.08. The fourth-order valence-corrected chi connectivity index (χ4v) is 2.23. The first-order valence-electron chi connectivity index (χ1n) is 6.05. The molecule has 0 radical (unpaired) electrons. The van der Waals surface area contributed by atoms with Gasteiger partial charge in [-0.3, -0.25) is 4.79 Å². The Morgan fingerprint density at radius 2 is 2.30 bits per heavy atom. The summed E-state index contributed by atoms with van der Waals surface area (Å²) >= 11 is 7.75. The Bertz CT molecular complexity index is 552. The monoisotopic (exact) mass is 403 g/mol. The van der Waals surface area contributed by atoms with Crippen LogP contribution < -0.4 is 10.6 Å². The van der Waals surface area contributed by atoms with Gasteiger partial charge in [-0.05, 0) is 59.7 Å². The Hall–Kier alpha value is -1.26. The molecule has 1 aromatic carbocycles. The number of aryl methyl sites for hydroxylation is 1. The molecule has 6 heteroatoms. The zero-order chi connectivity index (χ0) is 15.0. The second-order valence-corrected chi connectivity index (χ2v) is 5.70. The maximum absolute atomic E-state index is 12.0. The Labute approximate surface area is 137 Å². The number of nitriles is 1. The number of nitrogens with one attached hydrogen (secondary N) is 2. The van der Waals surface area contributed by atoms with E-state index in [0.29, 0.717) is 18.1 Å². The Morgan fingerprint density at radius 1 is 1.55 bits per heavy atom. The van der Waals surface area contributed by atoms with Crippen molar-refractivity contribution in [1.82, 2.24) is 5.32 Å². The summed E-state index contributed by atoms with van der Waals surface area (Å²) < 4.78 is 1.09. The zero-order valence-corrected chi connectivity index (χ0v) is 14.0. The SMILES string of the molecule is Cc1cc(I)ccc1NC(=O)/C(C#N)=C\NCCCCl. The lowest BCUT2D eigenvalue weighted by Crippen LogP contribution is -2.17. The van der Waals surface area contributed by atoms with Crippen LogP contribution in [0.15, 0.2) is 30.0 Å². The summed E-state index contributed by atoms with van der Waals surface area (Å²) in [7, 11) is 0. The summed E-state index contributed by atoms with van der Waals surface area (Å²) in [6.07, 6.45) is 2.19. The third kappa shape index (κ3) is 5.39. The predicted octanol–water partition coefficient (Wildman–Crippen LogP) is 3.16. The lowest BCUT2D eigenvalue weighted by atomic mass is 10.2. The predicted molar refractivity (Wildman–Crippen MR) is 89.6 cm³/mol. The number of hydrogen-bond acceptors (Lipinski definition) is 3. The molecule has 0 saturated heterocycles. The third-order valence-corrected chi connectivity index (χ3v) is 3.44. The Morgan fingerprint density at radius 3 is 2.90 bits per heavy atom. The highest BCUT2D eigenvalue weighted by Crippen LogP contribution is 2.18. The van der Waals surface area contributed by atoms with Crippen molar-refractivity contribution in [3.05, 3.63) is 39.1 Å². The molecule has 0 aliphatic heterocycles. The van der Waals surface area contributed by atoms with Gasteiger partial charge in [0.2, 0.25) is 0 Å². The molecule has 1 amide bonds.